The van der Waals surface area contributed by atoms with E-state index >= 15 is 0 Å². The van der Waals surface area contributed by atoms with E-state index in [1.165, 1.54) is 32.3 Å². The second-order valence-corrected chi connectivity index (χ2v) is 5.30. The van der Waals surface area contributed by atoms with E-state index in [1.807, 2.05) is 0 Å². The van der Waals surface area contributed by atoms with E-state index in [-0.39, 0.29) is 10.7 Å². The van der Waals surface area contributed by atoms with Crippen LogP contribution in [0.5, 0.6) is 5.88 Å². The van der Waals surface area contributed by atoms with E-state index in [9.17, 15) is 19.5 Å². The number of nitrogens with one attached hydrogen (secondary N) is 1. The average Bonchev–Trinajstić information content (AvgIpc) is 2.47. The minimum Gasteiger partial charge on any atom is -0.494 e. The van der Waals surface area contributed by atoms with Crippen LogP contribution in [0.3, 0.4) is 0 Å². The molecule has 1 aromatic heterocycles. The molecule has 0 atom stereocenters. The summed E-state index contributed by atoms with van der Waals surface area (Å²) in [5.41, 5.74) is -1.91. The van der Waals surface area contributed by atoms with Crippen molar-refractivity contribution in [3.63, 3.8) is 0 Å². The van der Waals surface area contributed by atoms with Crippen LogP contribution in [-0.2, 0) is 14.1 Å². The van der Waals surface area contributed by atoms with Gasteiger partial charge in [0.15, 0.2) is 5.56 Å². The highest BCUT2D eigenvalue weighted by Gasteiger charge is 2.21. The van der Waals surface area contributed by atoms with Gasteiger partial charge in [-0.2, -0.15) is 0 Å². The van der Waals surface area contributed by atoms with Crippen molar-refractivity contribution in [3.05, 3.63) is 54.6 Å². The van der Waals surface area contributed by atoms with Gasteiger partial charge in [-0.1, -0.05) is 23.2 Å². The molecule has 116 valence electrons. The van der Waals surface area contributed by atoms with Crippen molar-refractivity contribution in [2.45, 2.75) is 0 Å². The van der Waals surface area contributed by atoms with Crippen molar-refractivity contribution in [1.29, 1.82) is 0 Å². The molecule has 2 rings (SSSR count). The Balaban J connectivity index is 2.49. The van der Waals surface area contributed by atoms with Crippen LogP contribution < -0.4 is 16.6 Å². The number of anilines is 1. The van der Waals surface area contributed by atoms with Gasteiger partial charge in [0.2, 0.25) is 5.88 Å². The van der Waals surface area contributed by atoms with Crippen molar-refractivity contribution in [2.75, 3.05) is 5.32 Å². The Morgan fingerprint density at radius 1 is 1.14 bits per heavy atom. The fraction of sp³-hybridized carbons (Fsp3) is 0.154. The normalized spacial score (nSPS) is 10.5. The molecule has 0 aliphatic rings. The summed E-state index contributed by atoms with van der Waals surface area (Å²) >= 11 is 11.6. The Morgan fingerprint density at radius 2 is 1.77 bits per heavy atom. The number of hydrogen-bond acceptors (Lipinski definition) is 4. The van der Waals surface area contributed by atoms with Crippen LogP contribution in [0, 0.1) is 0 Å². The van der Waals surface area contributed by atoms with E-state index in [0.29, 0.717) is 5.02 Å². The molecule has 22 heavy (non-hydrogen) atoms. The van der Waals surface area contributed by atoms with Crippen molar-refractivity contribution < 1.29 is 9.90 Å². The lowest BCUT2D eigenvalue weighted by Gasteiger charge is -2.11. The summed E-state index contributed by atoms with van der Waals surface area (Å²) in [6.45, 7) is 0. The predicted octanol–water partition coefficient (Wildman–Crippen LogP) is 1.35. The van der Waals surface area contributed by atoms with Crippen LogP contribution >= 0.6 is 23.2 Å². The first-order valence-corrected chi connectivity index (χ1v) is 6.75. The van der Waals surface area contributed by atoms with Crippen molar-refractivity contribution in [3.8, 4) is 5.88 Å². The third-order valence-corrected chi connectivity index (χ3v) is 3.78. The predicted molar refractivity (Wildman–Crippen MR) is 83.0 cm³/mol. The maximum absolute atomic E-state index is 12.2. The molecule has 0 spiro atoms. The fourth-order valence-electron chi connectivity index (χ4n) is 1.80. The largest absolute Gasteiger partial charge is 0.494 e. The molecule has 0 saturated heterocycles. The molecule has 0 aliphatic carbocycles. The van der Waals surface area contributed by atoms with Crippen LogP contribution in [-0.4, -0.2) is 20.1 Å². The van der Waals surface area contributed by atoms with E-state index in [0.717, 1.165) is 9.13 Å². The molecule has 0 fully saturated rings. The van der Waals surface area contributed by atoms with Gasteiger partial charge in [0.25, 0.3) is 11.5 Å². The molecule has 0 unspecified atom stereocenters. The molecular weight excluding hydrogens is 333 g/mol. The molecule has 1 heterocycles. The van der Waals surface area contributed by atoms with Gasteiger partial charge in [0.05, 0.1) is 10.0 Å². The van der Waals surface area contributed by atoms with Crippen LogP contribution in [0.25, 0.3) is 0 Å². The highest BCUT2D eigenvalue weighted by atomic mass is 35.5. The smallest absolute Gasteiger partial charge is 0.333 e. The highest BCUT2D eigenvalue weighted by molar-refractivity contribution is 6.42. The molecule has 1 aromatic carbocycles. The summed E-state index contributed by atoms with van der Waals surface area (Å²) in [6, 6.07) is 4.35. The van der Waals surface area contributed by atoms with E-state index in [1.54, 1.807) is 0 Å². The van der Waals surface area contributed by atoms with Gasteiger partial charge in [0.1, 0.15) is 0 Å². The quantitative estimate of drug-likeness (QED) is 0.860. The van der Waals surface area contributed by atoms with Crippen molar-refractivity contribution in [2.24, 2.45) is 14.1 Å². The number of benzene rings is 1. The topological polar surface area (TPSA) is 93.3 Å². The standard InChI is InChI=1S/C13H11Cl2N3O4/c1-17-11(20)9(12(21)18(2)13(17)22)10(19)16-6-3-4-7(14)8(15)5-6/h3-5,20H,1-2H3,(H,16,19). The zero-order valence-electron chi connectivity index (χ0n) is 11.6. The van der Waals surface area contributed by atoms with Gasteiger partial charge < -0.3 is 10.4 Å². The van der Waals surface area contributed by atoms with E-state index in [4.69, 9.17) is 23.2 Å². The van der Waals surface area contributed by atoms with Crippen LogP contribution in [0.1, 0.15) is 10.4 Å². The summed E-state index contributed by atoms with van der Waals surface area (Å²) in [6.07, 6.45) is 0. The average molecular weight is 344 g/mol. The highest BCUT2D eigenvalue weighted by Crippen LogP contribution is 2.25. The second-order valence-electron chi connectivity index (χ2n) is 4.49. The lowest BCUT2D eigenvalue weighted by Crippen LogP contribution is -2.40. The minimum atomic E-state index is -0.904. The molecular formula is C13H11Cl2N3O4. The SMILES string of the molecule is Cn1c(O)c(C(=O)Nc2ccc(Cl)c(Cl)c2)c(=O)n(C)c1=O. The van der Waals surface area contributed by atoms with Gasteiger partial charge in [0, 0.05) is 19.8 Å². The fourth-order valence-corrected chi connectivity index (χ4v) is 2.10. The first-order chi connectivity index (χ1) is 10.2. The van der Waals surface area contributed by atoms with Gasteiger partial charge in [-0.25, -0.2) is 4.79 Å². The Bertz CT molecular complexity index is 886. The summed E-state index contributed by atoms with van der Waals surface area (Å²) in [5, 5.41) is 12.8. The number of halogens is 2. The Labute approximate surface area is 134 Å². The molecule has 7 nitrogen and oxygen atoms in total. The monoisotopic (exact) mass is 343 g/mol. The number of carbonyl (C=O) groups is 1. The van der Waals surface area contributed by atoms with Crippen molar-refractivity contribution >= 4 is 34.8 Å². The lowest BCUT2D eigenvalue weighted by molar-refractivity contribution is 0.102. The summed E-state index contributed by atoms with van der Waals surface area (Å²) in [5.74, 6) is -1.59. The Hall–Kier alpha value is -2.25. The van der Waals surface area contributed by atoms with Gasteiger partial charge >= 0.3 is 5.69 Å². The van der Waals surface area contributed by atoms with E-state index < -0.39 is 28.6 Å². The molecule has 2 aromatic rings. The second kappa shape index (κ2) is 5.86. The Morgan fingerprint density at radius 3 is 2.36 bits per heavy atom. The number of rotatable bonds is 2. The van der Waals surface area contributed by atoms with Gasteiger partial charge in [-0.15, -0.1) is 0 Å². The zero-order valence-corrected chi connectivity index (χ0v) is 13.1. The number of amides is 1. The third-order valence-electron chi connectivity index (χ3n) is 3.04. The maximum atomic E-state index is 12.2. The summed E-state index contributed by atoms with van der Waals surface area (Å²) < 4.78 is 1.52. The maximum Gasteiger partial charge on any atom is 0.333 e. The number of aromatic nitrogens is 2. The first-order valence-electron chi connectivity index (χ1n) is 5.99. The van der Waals surface area contributed by atoms with Gasteiger partial charge in [-0.05, 0) is 18.2 Å². The molecule has 0 bridgehead atoms. The summed E-state index contributed by atoms with van der Waals surface area (Å²) in [7, 11) is 2.45. The van der Waals surface area contributed by atoms with Crippen molar-refractivity contribution in [1.82, 2.24) is 9.13 Å². The molecule has 0 aliphatic heterocycles. The van der Waals surface area contributed by atoms with Crippen LogP contribution in [0.15, 0.2) is 27.8 Å². The number of nitrogens with zero attached hydrogens (tertiary/aromatic N) is 2. The summed E-state index contributed by atoms with van der Waals surface area (Å²) in [4.78, 5) is 35.8. The number of hydrogen-bond donors (Lipinski definition) is 2. The molecule has 2 N–H and O–H groups in total. The minimum absolute atomic E-state index is 0.219. The molecule has 9 heteroatoms. The number of carbonyl (C=O) groups excluding carboxylic acids is 1. The molecule has 0 radical (unpaired) electrons. The molecule has 0 saturated carbocycles. The zero-order chi connectivity index (χ0) is 16.6. The van der Waals surface area contributed by atoms with Crippen LogP contribution in [0.4, 0.5) is 5.69 Å². The van der Waals surface area contributed by atoms with Gasteiger partial charge in [-0.3, -0.25) is 18.7 Å². The first kappa shape index (κ1) is 16.1. The lowest BCUT2D eigenvalue weighted by atomic mass is 10.2. The number of aromatic hydroxyl groups is 1. The van der Waals surface area contributed by atoms with E-state index in [2.05, 4.69) is 5.32 Å². The third kappa shape index (κ3) is 2.72. The molecule has 1 amide bonds. The van der Waals surface area contributed by atoms with Crippen LogP contribution in [0.2, 0.25) is 10.0 Å². The Kier molecular flexibility index (Phi) is 4.30.